The normalized spacial score (nSPS) is 16.5. The summed E-state index contributed by atoms with van der Waals surface area (Å²) in [4.78, 5) is 21.6. The molecule has 0 aromatic heterocycles. The molecular formula is C24H28ClN3O3. The molecule has 6 nitrogen and oxygen atoms in total. The SMILES string of the molecule is COC(=O)C(C)(C)CN1CCN(C2=Nc3ccc(Cl)cc3Oc3cc(C)ccc32)CC1. The Labute approximate surface area is 188 Å². The van der Waals surface area contributed by atoms with Gasteiger partial charge in [-0.2, -0.15) is 0 Å². The summed E-state index contributed by atoms with van der Waals surface area (Å²) in [5, 5.41) is 0.619. The number of halogens is 1. The maximum absolute atomic E-state index is 12.1. The fraction of sp³-hybridized carbons (Fsp3) is 0.417. The molecule has 0 unspecified atom stereocenters. The average molecular weight is 442 g/mol. The van der Waals surface area contributed by atoms with E-state index in [0.29, 0.717) is 17.3 Å². The molecule has 31 heavy (non-hydrogen) atoms. The third-order valence-corrected chi connectivity index (χ3v) is 6.01. The standard InChI is InChI=1S/C24H28ClN3O3/c1-16-5-7-18-20(13-16)31-21-14-17(25)6-8-19(21)26-22(18)28-11-9-27(10-12-28)15-24(2,3)23(29)30-4/h5-8,13-14H,9-12,15H2,1-4H3. The molecule has 0 spiro atoms. The Bertz CT molecular complexity index is 1030. The fourth-order valence-electron chi connectivity index (χ4n) is 4.11. The van der Waals surface area contributed by atoms with Crippen LogP contribution < -0.4 is 4.74 Å². The first-order valence-corrected chi connectivity index (χ1v) is 10.9. The van der Waals surface area contributed by atoms with E-state index in [1.165, 1.54) is 7.11 Å². The van der Waals surface area contributed by atoms with E-state index in [-0.39, 0.29) is 5.97 Å². The summed E-state index contributed by atoms with van der Waals surface area (Å²) in [6.45, 7) is 9.88. The van der Waals surface area contributed by atoms with Crippen LogP contribution in [0.1, 0.15) is 25.0 Å². The summed E-state index contributed by atoms with van der Waals surface area (Å²) in [5.41, 5.74) is 2.33. The van der Waals surface area contributed by atoms with Crippen molar-refractivity contribution in [2.24, 2.45) is 10.4 Å². The number of carbonyl (C=O) groups is 1. The van der Waals surface area contributed by atoms with E-state index in [1.54, 1.807) is 0 Å². The number of amidine groups is 1. The lowest BCUT2D eigenvalue weighted by molar-refractivity contribution is -0.152. The molecule has 7 heteroatoms. The molecule has 2 aromatic rings. The molecule has 1 saturated heterocycles. The Morgan fingerprint density at radius 2 is 1.87 bits per heavy atom. The number of hydrogen-bond acceptors (Lipinski definition) is 6. The molecule has 0 amide bonds. The Balaban J connectivity index is 1.59. The van der Waals surface area contributed by atoms with Crippen molar-refractivity contribution in [2.45, 2.75) is 20.8 Å². The van der Waals surface area contributed by atoms with Gasteiger partial charge in [0.2, 0.25) is 0 Å². The highest BCUT2D eigenvalue weighted by atomic mass is 35.5. The lowest BCUT2D eigenvalue weighted by atomic mass is 9.92. The molecule has 4 rings (SSSR count). The molecule has 0 radical (unpaired) electrons. The zero-order valence-electron chi connectivity index (χ0n) is 18.4. The van der Waals surface area contributed by atoms with Crippen LogP contribution in [0.2, 0.25) is 5.02 Å². The van der Waals surface area contributed by atoms with E-state index >= 15 is 0 Å². The molecule has 164 valence electrons. The second-order valence-corrected chi connectivity index (χ2v) is 9.22. The predicted molar refractivity (Wildman–Crippen MR) is 123 cm³/mol. The molecule has 2 heterocycles. The van der Waals surface area contributed by atoms with Crippen LogP contribution in [-0.2, 0) is 9.53 Å². The van der Waals surface area contributed by atoms with Gasteiger partial charge >= 0.3 is 5.97 Å². The van der Waals surface area contributed by atoms with Crippen LogP contribution in [0.15, 0.2) is 41.4 Å². The number of hydrogen-bond donors (Lipinski definition) is 0. The van der Waals surface area contributed by atoms with Gasteiger partial charge in [-0.1, -0.05) is 17.7 Å². The maximum Gasteiger partial charge on any atom is 0.312 e. The van der Waals surface area contributed by atoms with Gasteiger partial charge < -0.3 is 14.4 Å². The lowest BCUT2D eigenvalue weighted by Crippen LogP contribution is -2.52. The van der Waals surface area contributed by atoms with E-state index in [4.69, 9.17) is 26.1 Å². The zero-order valence-corrected chi connectivity index (χ0v) is 19.2. The summed E-state index contributed by atoms with van der Waals surface area (Å²) in [6.07, 6.45) is 0. The highest BCUT2D eigenvalue weighted by molar-refractivity contribution is 6.30. The second-order valence-electron chi connectivity index (χ2n) is 8.79. The van der Waals surface area contributed by atoms with Crippen LogP contribution in [0, 0.1) is 12.3 Å². The quantitative estimate of drug-likeness (QED) is 0.649. The maximum atomic E-state index is 12.1. The van der Waals surface area contributed by atoms with Crippen LogP contribution in [0.4, 0.5) is 5.69 Å². The Morgan fingerprint density at radius 3 is 2.58 bits per heavy atom. The van der Waals surface area contributed by atoms with E-state index in [2.05, 4.69) is 21.9 Å². The van der Waals surface area contributed by atoms with Gasteiger partial charge in [-0.15, -0.1) is 0 Å². The summed E-state index contributed by atoms with van der Waals surface area (Å²) >= 11 is 6.20. The number of aliphatic imine (C=N–C) groups is 1. The van der Waals surface area contributed by atoms with Crippen molar-refractivity contribution in [3.05, 3.63) is 52.5 Å². The second kappa shape index (κ2) is 8.52. The zero-order chi connectivity index (χ0) is 22.2. The molecule has 2 aliphatic heterocycles. The molecule has 0 bridgehead atoms. The van der Waals surface area contributed by atoms with Crippen LogP contribution in [0.3, 0.4) is 0 Å². The predicted octanol–water partition coefficient (Wildman–Crippen LogP) is 4.65. The topological polar surface area (TPSA) is 54.4 Å². The molecule has 0 atom stereocenters. The smallest absolute Gasteiger partial charge is 0.312 e. The largest absolute Gasteiger partial charge is 0.469 e. The van der Waals surface area contributed by atoms with Crippen LogP contribution in [0.5, 0.6) is 11.5 Å². The van der Waals surface area contributed by atoms with Gasteiger partial charge in [0, 0.05) is 43.8 Å². The van der Waals surface area contributed by atoms with Gasteiger partial charge in [0.15, 0.2) is 5.75 Å². The first-order valence-electron chi connectivity index (χ1n) is 10.5. The number of fused-ring (bicyclic) bond motifs is 2. The van der Waals surface area contributed by atoms with Crippen molar-refractivity contribution in [3.8, 4) is 11.5 Å². The summed E-state index contributed by atoms with van der Waals surface area (Å²) in [7, 11) is 1.44. The Kier molecular flexibility index (Phi) is 5.95. The molecule has 0 aliphatic carbocycles. The van der Waals surface area contributed by atoms with Crippen molar-refractivity contribution < 1.29 is 14.3 Å². The van der Waals surface area contributed by atoms with Crippen LogP contribution in [-0.4, -0.2) is 61.4 Å². The van der Waals surface area contributed by atoms with Gasteiger partial charge in [0.1, 0.15) is 17.3 Å². The molecule has 0 saturated carbocycles. The molecular weight excluding hydrogens is 414 g/mol. The van der Waals surface area contributed by atoms with Gasteiger partial charge in [0.25, 0.3) is 0 Å². The molecule has 2 aromatic carbocycles. The van der Waals surface area contributed by atoms with Crippen molar-refractivity contribution in [1.82, 2.24) is 9.80 Å². The van der Waals surface area contributed by atoms with Crippen molar-refractivity contribution in [3.63, 3.8) is 0 Å². The Hall–Kier alpha value is -2.57. The number of methoxy groups -OCH3 is 1. The van der Waals surface area contributed by atoms with Crippen molar-refractivity contribution in [2.75, 3.05) is 39.8 Å². The van der Waals surface area contributed by atoms with Crippen molar-refractivity contribution in [1.29, 1.82) is 0 Å². The lowest BCUT2D eigenvalue weighted by Gasteiger charge is -2.39. The molecule has 1 fully saturated rings. The number of carbonyl (C=O) groups excluding carboxylic acids is 1. The van der Waals surface area contributed by atoms with Gasteiger partial charge in [-0.25, -0.2) is 4.99 Å². The minimum atomic E-state index is -0.535. The molecule has 0 N–H and O–H groups in total. The summed E-state index contributed by atoms with van der Waals surface area (Å²) in [5.74, 6) is 2.17. The average Bonchev–Trinajstić information content (AvgIpc) is 2.89. The highest BCUT2D eigenvalue weighted by Gasteiger charge is 2.33. The van der Waals surface area contributed by atoms with Crippen molar-refractivity contribution >= 4 is 29.1 Å². The van der Waals surface area contributed by atoms with Gasteiger partial charge in [0.05, 0.1) is 18.1 Å². The first kappa shape index (κ1) is 21.7. The minimum absolute atomic E-state index is 0.181. The summed E-state index contributed by atoms with van der Waals surface area (Å²) < 4.78 is 11.2. The van der Waals surface area contributed by atoms with E-state index in [1.807, 2.05) is 45.0 Å². The van der Waals surface area contributed by atoms with Crippen LogP contribution in [0.25, 0.3) is 0 Å². The Morgan fingerprint density at radius 1 is 1.13 bits per heavy atom. The number of nitrogens with zero attached hydrogens (tertiary/aromatic N) is 3. The first-order chi connectivity index (χ1) is 14.8. The van der Waals surface area contributed by atoms with Gasteiger partial charge in [-0.05, 0) is 50.6 Å². The van der Waals surface area contributed by atoms with Crippen LogP contribution >= 0.6 is 11.6 Å². The van der Waals surface area contributed by atoms with Gasteiger partial charge in [-0.3, -0.25) is 9.69 Å². The number of ether oxygens (including phenoxy) is 2. The van der Waals surface area contributed by atoms with E-state index < -0.39 is 5.41 Å². The summed E-state index contributed by atoms with van der Waals surface area (Å²) in [6, 6.07) is 11.7. The number of rotatable bonds is 3. The van der Waals surface area contributed by atoms with E-state index in [9.17, 15) is 4.79 Å². The van der Waals surface area contributed by atoms with E-state index in [0.717, 1.165) is 54.6 Å². The molecule has 2 aliphatic rings. The number of esters is 1. The fourth-order valence-corrected chi connectivity index (χ4v) is 4.27. The monoisotopic (exact) mass is 441 g/mol. The minimum Gasteiger partial charge on any atom is -0.469 e. The third-order valence-electron chi connectivity index (χ3n) is 5.77. The highest BCUT2D eigenvalue weighted by Crippen LogP contribution is 2.40. The number of piperazine rings is 1. The number of aryl methyl sites for hydroxylation is 1. The number of benzene rings is 2. The third kappa shape index (κ3) is 4.55.